The number of anilines is 4. The summed E-state index contributed by atoms with van der Waals surface area (Å²) in [5.74, 6) is 2.96. The Labute approximate surface area is 146 Å². The van der Waals surface area contributed by atoms with Crippen LogP contribution in [0.1, 0.15) is 6.92 Å². The molecule has 0 amide bonds. The molecule has 3 rings (SSSR count). The maximum absolute atomic E-state index is 5.62. The fourth-order valence-corrected chi connectivity index (χ4v) is 2.31. The molecule has 2 aromatic carbocycles. The van der Waals surface area contributed by atoms with Crippen molar-refractivity contribution in [3.63, 3.8) is 0 Å². The number of para-hydroxylation sites is 2. The zero-order valence-electron chi connectivity index (χ0n) is 14.2. The van der Waals surface area contributed by atoms with Crippen molar-refractivity contribution in [1.82, 2.24) is 9.97 Å². The van der Waals surface area contributed by atoms with Gasteiger partial charge in [-0.15, -0.1) is 0 Å². The van der Waals surface area contributed by atoms with Gasteiger partial charge in [-0.3, -0.25) is 0 Å². The molecule has 3 aromatic rings. The van der Waals surface area contributed by atoms with E-state index in [1.807, 2.05) is 61.5 Å². The third kappa shape index (κ3) is 4.38. The van der Waals surface area contributed by atoms with Gasteiger partial charge in [0.15, 0.2) is 0 Å². The van der Waals surface area contributed by atoms with Crippen LogP contribution in [0.3, 0.4) is 0 Å². The number of nitrogens with one attached hydrogen (secondary N) is 2. The predicted octanol–water partition coefficient (Wildman–Crippen LogP) is 4.37. The van der Waals surface area contributed by atoms with Crippen LogP contribution in [0.15, 0.2) is 60.9 Å². The highest BCUT2D eigenvalue weighted by atomic mass is 16.5. The predicted molar refractivity (Wildman–Crippen MR) is 99.2 cm³/mol. The zero-order chi connectivity index (χ0) is 17.5. The lowest BCUT2D eigenvalue weighted by Crippen LogP contribution is -2.01. The first-order valence-corrected chi connectivity index (χ1v) is 8.00. The van der Waals surface area contributed by atoms with Crippen LogP contribution in [0.5, 0.6) is 11.5 Å². The second-order valence-corrected chi connectivity index (χ2v) is 5.20. The van der Waals surface area contributed by atoms with Crippen molar-refractivity contribution < 1.29 is 9.47 Å². The van der Waals surface area contributed by atoms with Gasteiger partial charge in [0.1, 0.15) is 29.5 Å². The smallest absolute Gasteiger partial charge is 0.142 e. The Morgan fingerprint density at radius 1 is 0.920 bits per heavy atom. The summed E-state index contributed by atoms with van der Waals surface area (Å²) in [7, 11) is 1.64. The Morgan fingerprint density at radius 3 is 2.36 bits per heavy atom. The number of rotatable bonds is 7. The molecular weight excluding hydrogens is 316 g/mol. The molecule has 0 saturated carbocycles. The molecule has 1 aromatic heterocycles. The van der Waals surface area contributed by atoms with Gasteiger partial charge in [-0.05, 0) is 43.3 Å². The molecule has 2 N–H and O–H groups in total. The second kappa shape index (κ2) is 8.01. The van der Waals surface area contributed by atoms with E-state index in [1.54, 1.807) is 7.11 Å². The van der Waals surface area contributed by atoms with E-state index < -0.39 is 0 Å². The van der Waals surface area contributed by atoms with E-state index in [-0.39, 0.29) is 0 Å². The third-order valence-electron chi connectivity index (χ3n) is 3.48. The zero-order valence-corrected chi connectivity index (χ0v) is 14.2. The normalized spacial score (nSPS) is 10.2. The Hall–Kier alpha value is -3.28. The minimum absolute atomic E-state index is 0.604. The largest absolute Gasteiger partial charge is 0.497 e. The molecule has 0 radical (unpaired) electrons. The quantitative estimate of drug-likeness (QED) is 0.668. The van der Waals surface area contributed by atoms with Crippen LogP contribution in [0.2, 0.25) is 0 Å². The molecule has 0 unspecified atom stereocenters. The fourth-order valence-electron chi connectivity index (χ4n) is 2.31. The number of methoxy groups -OCH3 is 1. The van der Waals surface area contributed by atoms with Crippen molar-refractivity contribution in [1.29, 1.82) is 0 Å². The Morgan fingerprint density at radius 2 is 1.64 bits per heavy atom. The number of benzene rings is 2. The second-order valence-electron chi connectivity index (χ2n) is 5.20. The highest BCUT2D eigenvalue weighted by molar-refractivity contribution is 5.67. The van der Waals surface area contributed by atoms with Crippen molar-refractivity contribution in [2.75, 3.05) is 24.4 Å². The summed E-state index contributed by atoms with van der Waals surface area (Å²) in [6.07, 6.45) is 1.51. The highest BCUT2D eigenvalue weighted by Crippen LogP contribution is 2.27. The average Bonchev–Trinajstić information content (AvgIpc) is 2.65. The van der Waals surface area contributed by atoms with Gasteiger partial charge < -0.3 is 20.1 Å². The van der Waals surface area contributed by atoms with E-state index in [0.717, 1.165) is 22.9 Å². The van der Waals surface area contributed by atoms with Gasteiger partial charge in [-0.25, -0.2) is 9.97 Å². The lowest BCUT2D eigenvalue weighted by atomic mass is 10.3. The van der Waals surface area contributed by atoms with E-state index in [9.17, 15) is 0 Å². The van der Waals surface area contributed by atoms with Crippen LogP contribution >= 0.6 is 0 Å². The Balaban J connectivity index is 1.75. The summed E-state index contributed by atoms with van der Waals surface area (Å²) in [5, 5.41) is 6.51. The molecule has 0 spiro atoms. The number of ether oxygens (including phenoxy) is 2. The molecule has 0 bridgehead atoms. The van der Waals surface area contributed by atoms with Crippen LogP contribution in [-0.2, 0) is 0 Å². The van der Waals surface area contributed by atoms with Gasteiger partial charge in [0, 0.05) is 11.8 Å². The molecule has 25 heavy (non-hydrogen) atoms. The van der Waals surface area contributed by atoms with Crippen molar-refractivity contribution >= 4 is 23.0 Å². The lowest BCUT2D eigenvalue weighted by molar-refractivity contribution is 0.342. The molecule has 0 aliphatic rings. The summed E-state index contributed by atoms with van der Waals surface area (Å²) in [4.78, 5) is 8.52. The summed E-state index contributed by atoms with van der Waals surface area (Å²) in [6, 6.07) is 17.2. The summed E-state index contributed by atoms with van der Waals surface area (Å²) < 4.78 is 10.8. The van der Waals surface area contributed by atoms with Gasteiger partial charge in [-0.2, -0.15) is 0 Å². The van der Waals surface area contributed by atoms with Gasteiger partial charge in [-0.1, -0.05) is 12.1 Å². The van der Waals surface area contributed by atoms with Crippen molar-refractivity contribution in [3.05, 3.63) is 60.9 Å². The third-order valence-corrected chi connectivity index (χ3v) is 3.48. The van der Waals surface area contributed by atoms with Crippen molar-refractivity contribution in [3.8, 4) is 11.5 Å². The van der Waals surface area contributed by atoms with Crippen LogP contribution < -0.4 is 20.1 Å². The molecule has 0 aliphatic carbocycles. The van der Waals surface area contributed by atoms with Crippen LogP contribution in [-0.4, -0.2) is 23.7 Å². The number of hydrogen-bond donors (Lipinski definition) is 2. The van der Waals surface area contributed by atoms with Crippen molar-refractivity contribution in [2.24, 2.45) is 0 Å². The van der Waals surface area contributed by atoms with E-state index in [1.165, 1.54) is 6.33 Å². The standard InChI is InChI=1S/C19H20N4O2/c1-3-25-17-7-5-4-6-16(17)23-19-12-18(20-13-21-19)22-14-8-10-15(24-2)11-9-14/h4-13H,3H2,1-2H3,(H2,20,21,22,23). The SMILES string of the molecule is CCOc1ccccc1Nc1cc(Nc2ccc(OC)cc2)ncn1. The van der Waals surface area contributed by atoms with Crippen LogP contribution in [0, 0.1) is 0 Å². The maximum Gasteiger partial charge on any atom is 0.142 e. The molecule has 128 valence electrons. The molecule has 6 heteroatoms. The van der Waals surface area contributed by atoms with Gasteiger partial charge >= 0.3 is 0 Å². The van der Waals surface area contributed by atoms with Crippen molar-refractivity contribution in [2.45, 2.75) is 6.92 Å². The van der Waals surface area contributed by atoms with Gasteiger partial charge in [0.25, 0.3) is 0 Å². The lowest BCUT2D eigenvalue weighted by Gasteiger charge is -2.12. The molecule has 6 nitrogen and oxygen atoms in total. The minimum Gasteiger partial charge on any atom is -0.497 e. The van der Waals surface area contributed by atoms with E-state index in [4.69, 9.17) is 9.47 Å². The number of hydrogen-bond acceptors (Lipinski definition) is 6. The van der Waals surface area contributed by atoms with Crippen LogP contribution in [0.25, 0.3) is 0 Å². The highest BCUT2D eigenvalue weighted by Gasteiger charge is 2.05. The molecule has 0 atom stereocenters. The van der Waals surface area contributed by atoms with E-state index >= 15 is 0 Å². The number of aromatic nitrogens is 2. The average molecular weight is 336 g/mol. The van der Waals surface area contributed by atoms with E-state index in [2.05, 4.69) is 20.6 Å². The fraction of sp³-hybridized carbons (Fsp3) is 0.158. The minimum atomic E-state index is 0.604. The first-order chi connectivity index (χ1) is 12.3. The first kappa shape index (κ1) is 16.6. The van der Waals surface area contributed by atoms with Gasteiger partial charge in [0.05, 0.1) is 19.4 Å². The summed E-state index contributed by atoms with van der Waals surface area (Å²) in [6.45, 7) is 2.56. The maximum atomic E-state index is 5.62. The van der Waals surface area contributed by atoms with E-state index in [0.29, 0.717) is 18.2 Å². The summed E-state index contributed by atoms with van der Waals surface area (Å²) >= 11 is 0. The topological polar surface area (TPSA) is 68.3 Å². The number of nitrogens with zero attached hydrogens (tertiary/aromatic N) is 2. The first-order valence-electron chi connectivity index (χ1n) is 8.00. The Kier molecular flexibility index (Phi) is 5.31. The molecular formula is C19H20N4O2. The molecule has 0 fully saturated rings. The monoisotopic (exact) mass is 336 g/mol. The van der Waals surface area contributed by atoms with Gasteiger partial charge in [0.2, 0.25) is 0 Å². The van der Waals surface area contributed by atoms with Crippen LogP contribution in [0.4, 0.5) is 23.0 Å². The molecule has 0 saturated heterocycles. The molecule has 0 aliphatic heterocycles. The summed E-state index contributed by atoms with van der Waals surface area (Å²) in [5.41, 5.74) is 1.78. The molecule has 1 heterocycles. The Bertz CT molecular complexity index is 822.